The van der Waals surface area contributed by atoms with E-state index in [1.807, 2.05) is 0 Å². The van der Waals surface area contributed by atoms with E-state index in [-0.39, 0.29) is 0 Å². The van der Waals surface area contributed by atoms with E-state index in [2.05, 4.69) is 30.9 Å². The summed E-state index contributed by atoms with van der Waals surface area (Å²) >= 11 is 0. The van der Waals surface area contributed by atoms with Crippen molar-refractivity contribution in [2.24, 2.45) is 5.92 Å². The zero-order valence-electron chi connectivity index (χ0n) is 10.7. The van der Waals surface area contributed by atoms with Gasteiger partial charge < -0.3 is 9.88 Å². The summed E-state index contributed by atoms with van der Waals surface area (Å²) in [6.07, 6.45) is 6.04. The van der Waals surface area contributed by atoms with Crippen LogP contribution in [0.4, 0.5) is 0 Å². The molecular formula is C13H23N3. The van der Waals surface area contributed by atoms with E-state index in [0.29, 0.717) is 0 Å². The Bertz CT molecular complexity index is 341. The Morgan fingerprint density at radius 2 is 2.25 bits per heavy atom. The lowest BCUT2D eigenvalue weighted by molar-refractivity contribution is 0.410. The van der Waals surface area contributed by atoms with E-state index in [1.54, 1.807) is 0 Å². The molecule has 1 aromatic rings. The smallest absolute Gasteiger partial charge is 0.107 e. The normalized spacial score (nSPS) is 20.1. The summed E-state index contributed by atoms with van der Waals surface area (Å²) in [7, 11) is 4.21. The molecule has 3 heteroatoms. The van der Waals surface area contributed by atoms with E-state index in [4.69, 9.17) is 4.98 Å². The van der Waals surface area contributed by atoms with Crippen LogP contribution in [0.25, 0.3) is 0 Å². The van der Waals surface area contributed by atoms with Crippen molar-refractivity contribution >= 4 is 0 Å². The number of imidazole rings is 1. The summed E-state index contributed by atoms with van der Waals surface area (Å²) in [5.74, 6) is 2.05. The fourth-order valence-corrected chi connectivity index (χ4v) is 2.41. The molecule has 1 N–H and O–H groups in total. The molecular weight excluding hydrogens is 198 g/mol. The van der Waals surface area contributed by atoms with Gasteiger partial charge in [-0.15, -0.1) is 0 Å². The zero-order valence-corrected chi connectivity index (χ0v) is 10.7. The largest absolute Gasteiger partial charge is 0.346 e. The van der Waals surface area contributed by atoms with Gasteiger partial charge in [0.1, 0.15) is 5.82 Å². The number of aromatic amines is 1. The van der Waals surface area contributed by atoms with Gasteiger partial charge in [0.25, 0.3) is 0 Å². The molecule has 2 rings (SSSR count). The summed E-state index contributed by atoms with van der Waals surface area (Å²) in [6, 6.07) is 0. The van der Waals surface area contributed by atoms with E-state index in [9.17, 15) is 0 Å². The van der Waals surface area contributed by atoms with Gasteiger partial charge in [-0.05, 0) is 39.3 Å². The van der Waals surface area contributed by atoms with Crippen LogP contribution in [0.3, 0.4) is 0 Å². The topological polar surface area (TPSA) is 31.9 Å². The van der Waals surface area contributed by atoms with Crippen molar-refractivity contribution in [2.75, 3.05) is 20.6 Å². The van der Waals surface area contributed by atoms with Crippen LogP contribution in [0.1, 0.15) is 37.0 Å². The number of aryl methyl sites for hydroxylation is 1. The van der Waals surface area contributed by atoms with Gasteiger partial charge in [0.05, 0.1) is 5.69 Å². The highest BCUT2D eigenvalue weighted by Crippen LogP contribution is 2.25. The molecule has 3 nitrogen and oxygen atoms in total. The minimum Gasteiger partial charge on any atom is -0.346 e. The van der Waals surface area contributed by atoms with Crippen LogP contribution in [0, 0.1) is 5.92 Å². The lowest BCUT2D eigenvalue weighted by Crippen LogP contribution is -2.15. The second-order valence-corrected chi connectivity index (χ2v) is 5.18. The number of hydrogen-bond donors (Lipinski definition) is 1. The molecule has 1 aliphatic rings. The number of likely N-dealkylation sites (N-methyl/N-ethyl adjacent to an activating group) is 1. The average molecular weight is 221 g/mol. The molecule has 0 spiro atoms. The molecule has 0 radical (unpaired) electrons. The predicted octanol–water partition coefficient (Wildman–Crippen LogP) is 2.03. The maximum atomic E-state index is 4.71. The minimum atomic E-state index is 0.870. The van der Waals surface area contributed by atoms with E-state index in [0.717, 1.165) is 18.9 Å². The summed E-state index contributed by atoms with van der Waals surface area (Å²) in [6.45, 7) is 3.36. The summed E-state index contributed by atoms with van der Waals surface area (Å²) < 4.78 is 0. The van der Waals surface area contributed by atoms with Crippen LogP contribution in [-0.2, 0) is 19.3 Å². The van der Waals surface area contributed by atoms with E-state index >= 15 is 0 Å². The van der Waals surface area contributed by atoms with Crippen molar-refractivity contribution in [2.45, 2.75) is 39.0 Å². The maximum absolute atomic E-state index is 4.71. The molecule has 0 fully saturated rings. The molecule has 1 unspecified atom stereocenters. The second kappa shape index (κ2) is 5.00. The van der Waals surface area contributed by atoms with Crippen molar-refractivity contribution in [1.29, 1.82) is 0 Å². The fraction of sp³-hybridized carbons (Fsp3) is 0.769. The first-order valence-corrected chi connectivity index (χ1v) is 6.40. The Balaban J connectivity index is 2.01. The van der Waals surface area contributed by atoms with Crippen LogP contribution >= 0.6 is 0 Å². The number of aromatic nitrogens is 2. The molecule has 0 saturated heterocycles. The lowest BCUT2D eigenvalue weighted by Gasteiger charge is -2.19. The van der Waals surface area contributed by atoms with Gasteiger partial charge in [-0.1, -0.05) is 13.3 Å². The minimum absolute atomic E-state index is 0.870. The van der Waals surface area contributed by atoms with Crippen LogP contribution in [0.15, 0.2) is 0 Å². The third kappa shape index (κ3) is 2.64. The van der Waals surface area contributed by atoms with Crippen molar-refractivity contribution in [1.82, 2.24) is 14.9 Å². The molecule has 1 aromatic heterocycles. The van der Waals surface area contributed by atoms with E-state index in [1.165, 1.54) is 42.9 Å². The van der Waals surface area contributed by atoms with Gasteiger partial charge in [0.2, 0.25) is 0 Å². The molecule has 16 heavy (non-hydrogen) atoms. The number of fused-ring (bicyclic) bond motifs is 1. The van der Waals surface area contributed by atoms with Gasteiger partial charge in [0.15, 0.2) is 0 Å². The molecule has 0 aliphatic heterocycles. The maximum Gasteiger partial charge on any atom is 0.107 e. The summed E-state index contributed by atoms with van der Waals surface area (Å²) in [5.41, 5.74) is 2.74. The molecule has 0 saturated carbocycles. The van der Waals surface area contributed by atoms with E-state index < -0.39 is 0 Å². The van der Waals surface area contributed by atoms with Crippen LogP contribution < -0.4 is 0 Å². The van der Waals surface area contributed by atoms with Gasteiger partial charge in [-0.2, -0.15) is 0 Å². The van der Waals surface area contributed by atoms with Gasteiger partial charge in [-0.25, -0.2) is 4.98 Å². The Morgan fingerprint density at radius 1 is 1.44 bits per heavy atom. The first-order valence-electron chi connectivity index (χ1n) is 6.40. The Hall–Kier alpha value is -0.830. The Labute approximate surface area is 98.3 Å². The first-order chi connectivity index (χ1) is 7.69. The number of nitrogens with zero attached hydrogens (tertiary/aromatic N) is 2. The number of hydrogen-bond acceptors (Lipinski definition) is 2. The standard InChI is InChI=1S/C13H23N3/c1-4-10-5-6-11-12(9-10)15-13(14-11)7-8-16(2)3/h10H,4-9H2,1-3H3,(H,14,15). The summed E-state index contributed by atoms with van der Waals surface area (Å²) in [5, 5.41) is 0. The molecule has 0 bridgehead atoms. The highest BCUT2D eigenvalue weighted by atomic mass is 15.1. The molecule has 90 valence electrons. The zero-order chi connectivity index (χ0) is 11.5. The van der Waals surface area contributed by atoms with Crippen LogP contribution in [-0.4, -0.2) is 35.5 Å². The highest BCUT2D eigenvalue weighted by molar-refractivity contribution is 5.18. The van der Waals surface area contributed by atoms with Crippen molar-refractivity contribution in [3.8, 4) is 0 Å². The van der Waals surface area contributed by atoms with Gasteiger partial charge in [-0.3, -0.25) is 0 Å². The van der Waals surface area contributed by atoms with Crippen LogP contribution in [0.5, 0.6) is 0 Å². The van der Waals surface area contributed by atoms with Crippen molar-refractivity contribution in [3.63, 3.8) is 0 Å². The fourth-order valence-electron chi connectivity index (χ4n) is 2.41. The van der Waals surface area contributed by atoms with Crippen molar-refractivity contribution in [3.05, 3.63) is 17.2 Å². The molecule has 1 heterocycles. The number of H-pyrrole nitrogens is 1. The Kier molecular flexibility index (Phi) is 3.64. The molecule has 0 amide bonds. The molecule has 1 atom stereocenters. The molecule has 0 aromatic carbocycles. The third-order valence-electron chi connectivity index (χ3n) is 3.57. The number of rotatable bonds is 4. The predicted molar refractivity (Wildman–Crippen MR) is 66.7 cm³/mol. The first kappa shape index (κ1) is 11.6. The van der Waals surface area contributed by atoms with Gasteiger partial charge >= 0.3 is 0 Å². The quantitative estimate of drug-likeness (QED) is 0.843. The second-order valence-electron chi connectivity index (χ2n) is 5.18. The SMILES string of the molecule is CCC1CCc2nc(CCN(C)C)[nH]c2C1. The van der Waals surface area contributed by atoms with Gasteiger partial charge in [0, 0.05) is 18.7 Å². The average Bonchev–Trinajstić information content (AvgIpc) is 2.67. The third-order valence-corrected chi connectivity index (χ3v) is 3.57. The molecule has 1 aliphatic carbocycles. The highest BCUT2D eigenvalue weighted by Gasteiger charge is 2.20. The Morgan fingerprint density at radius 3 is 2.94 bits per heavy atom. The monoisotopic (exact) mass is 221 g/mol. The van der Waals surface area contributed by atoms with Crippen molar-refractivity contribution < 1.29 is 0 Å². The van der Waals surface area contributed by atoms with Crippen LogP contribution in [0.2, 0.25) is 0 Å². The lowest BCUT2D eigenvalue weighted by atomic mass is 9.88. The summed E-state index contributed by atoms with van der Waals surface area (Å²) in [4.78, 5) is 10.4. The number of nitrogens with one attached hydrogen (secondary N) is 1.